The minimum absolute atomic E-state index is 0.106. The van der Waals surface area contributed by atoms with E-state index in [1.807, 2.05) is 4.68 Å². The largest absolute Gasteiger partial charge is 0.351 e. The summed E-state index contributed by atoms with van der Waals surface area (Å²) in [6, 6.07) is 1.85. The highest BCUT2D eigenvalue weighted by atomic mass is 16.5. The Morgan fingerprint density at radius 2 is 2.42 bits per heavy atom. The Morgan fingerprint density at radius 3 is 3.11 bits per heavy atom. The van der Waals surface area contributed by atoms with Crippen LogP contribution in [0.25, 0.3) is 0 Å². The van der Waals surface area contributed by atoms with E-state index in [0.29, 0.717) is 18.0 Å². The minimum Gasteiger partial charge on any atom is -0.351 e. The molecular formula is C12H15N5O2. The second kappa shape index (κ2) is 4.83. The van der Waals surface area contributed by atoms with Gasteiger partial charge in [-0.15, -0.1) is 0 Å². The maximum atomic E-state index is 12.3. The molecular weight excluding hydrogens is 246 g/mol. The van der Waals surface area contributed by atoms with Crippen LogP contribution in [0.15, 0.2) is 23.2 Å². The highest BCUT2D eigenvalue weighted by molar-refractivity contribution is 5.91. The van der Waals surface area contributed by atoms with Gasteiger partial charge in [-0.05, 0) is 19.8 Å². The van der Waals surface area contributed by atoms with Crippen molar-refractivity contribution in [2.45, 2.75) is 25.8 Å². The molecule has 0 bridgehead atoms. The van der Waals surface area contributed by atoms with E-state index in [-0.39, 0.29) is 11.9 Å². The number of carbonyl (C=O) groups excluding carboxylic acids is 1. The molecule has 3 heterocycles. The summed E-state index contributed by atoms with van der Waals surface area (Å²) in [7, 11) is 0. The molecule has 2 aromatic heterocycles. The van der Waals surface area contributed by atoms with Gasteiger partial charge in [-0.1, -0.05) is 5.16 Å². The molecule has 0 unspecified atom stereocenters. The van der Waals surface area contributed by atoms with Crippen molar-refractivity contribution in [2.75, 3.05) is 13.1 Å². The maximum absolute atomic E-state index is 12.3. The molecule has 7 heteroatoms. The lowest BCUT2D eigenvalue weighted by Gasteiger charge is -2.31. The Labute approximate surface area is 110 Å². The Bertz CT molecular complexity index is 562. The zero-order valence-electron chi connectivity index (χ0n) is 10.7. The summed E-state index contributed by atoms with van der Waals surface area (Å²) in [5.74, 6) is 0.196. The standard InChI is InChI=1S/C12H15N5O2/c1-9-5-11(19-15-9)12(18)16-4-2-3-10(6-16)17-8-13-7-14-17/h5,7-8,10H,2-4,6H2,1H3/t10-/m0/s1. The Balaban J connectivity index is 1.73. The fraction of sp³-hybridized carbons (Fsp3) is 0.500. The number of carbonyl (C=O) groups is 1. The lowest BCUT2D eigenvalue weighted by Crippen LogP contribution is -2.40. The molecule has 0 saturated carbocycles. The van der Waals surface area contributed by atoms with E-state index in [4.69, 9.17) is 4.52 Å². The third kappa shape index (κ3) is 2.35. The van der Waals surface area contributed by atoms with Crippen LogP contribution in [0.1, 0.15) is 35.1 Å². The number of hydrogen-bond donors (Lipinski definition) is 0. The number of aryl methyl sites for hydroxylation is 1. The van der Waals surface area contributed by atoms with Crippen LogP contribution >= 0.6 is 0 Å². The maximum Gasteiger partial charge on any atom is 0.292 e. The number of aromatic nitrogens is 4. The lowest BCUT2D eigenvalue weighted by atomic mass is 10.1. The average molecular weight is 261 g/mol. The zero-order valence-corrected chi connectivity index (χ0v) is 10.7. The molecule has 0 aliphatic carbocycles. The summed E-state index contributed by atoms with van der Waals surface area (Å²) in [6.45, 7) is 3.17. The summed E-state index contributed by atoms with van der Waals surface area (Å²) in [5.41, 5.74) is 0.716. The van der Waals surface area contributed by atoms with E-state index in [0.717, 1.165) is 19.4 Å². The topological polar surface area (TPSA) is 77.0 Å². The smallest absolute Gasteiger partial charge is 0.292 e. The van der Waals surface area contributed by atoms with Gasteiger partial charge < -0.3 is 9.42 Å². The monoisotopic (exact) mass is 261 g/mol. The van der Waals surface area contributed by atoms with Crippen molar-refractivity contribution >= 4 is 5.91 Å². The van der Waals surface area contributed by atoms with Crippen LogP contribution in [0.2, 0.25) is 0 Å². The number of nitrogens with zero attached hydrogens (tertiary/aromatic N) is 5. The number of piperidine rings is 1. The van der Waals surface area contributed by atoms with Gasteiger partial charge in [0.1, 0.15) is 12.7 Å². The predicted octanol–water partition coefficient (Wildman–Crippen LogP) is 1.05. The normalized spacial score (nSPS) is 19.6. The molecule has 7 nitrogen and oxygen atoms in total. The number of amides is 1. The van der Waals surface area contributed by atoms with E-state index in [1.165, 1.54) is 6.33 Å². The molecule has 1 saturated heterocycles. The first-order valence-electron chi connectivity index (χ1n) is 6.31. The summed E-state index contributed by atoms with van der Waals surface area (Å²) >= 11 is 0. The molecule has 0 radical (unpaired) electrons. The van der Waals surface area contributed by atoms with Gasteiger partial charge in [0, 0.05) is 19.2 Å². The van der Waals surface area contributed by atoms with E-state index >= 15 is 0 Å². The quantitative estimate of drug-likeness (QED) is 0.807. The summed E-state index contributed by atoms with van der Waals surface area (Å²) < 4.78 is 6.84. The molecule has 0 N–H and O–H groups in total. The summed E-state index contributed by atoms with van der Waals surface area (Å²) in [5, 5.41) is 7.89. The van der Waals surface area contributed by atoms with Crippen LogP contribution in [-0.2, 0) is 0 Å². The zero-order chi connectivity index (χ0) is 13.2. The van der Waals surface area contributed by atoms with E-state index in [9.17, 15) is 4.79 Å². The fourth-order valence-electron chi connectivity index (χ4n) is 2.38. The van der Waals surface area contributed by atoms with Crippen molar-refractivity contribution in [1.29, 1.82) is 0 Å². The van der Waals surface area contributed by atoms with Crippen LogP contribution in [0.3, 0.4) is 0 Å². The first kappa shape index (κ1) is 11.9. The Kier molecular flexibility index (Phi) is 3.02. The third-order valence-corrected chi connectivity index (χ3v) is 3.33. The summed E-state index contributed by atoms with van der Waals surface area (Å²) in [4.78, 5) is 18.0. The number of rotatable bonds is 2. The minimum atomic E-state index is -0.106. The highest BCUT2D eigenvalue weighted by Gasteiger charge is 2.27. The molecule has 0 spiro atoms. The molecule has 1 atom stereocenters. The van der Waals surface area contributed by atoms with E-state index in [1.54, 1.807) is 24.2 Å². The van der Waals surface area contributed by atoms with Gasteiger partial charge in [-0.3, -0.25) is 4.79 Å². The van der Waals surface area contributed by atoms with Crippen molar-refractivity contribution in [3.05, 3.63) is 30.2 Å². The molecule has 1 amide bonds. The first-order valence-corrected chi connectivity index (χ1v) is 6.31. The van der Waals surface area contributed by atoms with Gasteiger partial charge in [0.2, 0.25) is 5.76 Å². The fourth-order valence-corrected chi connectivity index (χ4v) is 2.38. The Hall–Kier alpha value is -2.18. The van der Waals surface area contributed by atoms with Crippen molar-refractivity contribution < 1.29 is 9.32 Å². The average Bonchev–Trinajstić information content (AvgIpc) is 3.09. The lowest BCUT2D eigenvalue weighted by molar-refractivity contribution is 0.0631. The molecule has 3 rings (SSSR count). The molecule has 19 heavy (non-hydrogen) atoms. The first-order chi connectivity index (χ1) is 9.24. The van der Waals surface area contributed by atoms with Crippen LogP contribution in [0, 0.1) is 6.92 Å². The van der Waals surface area contributed by atoms with Gasteiger partial charge in [0.25, 0.3) is 5.91 Å². The van der Waals surface area contributed by atoms with Crippen molar-refractivity contribution in [3.63, 3.8) is 0 Å². The molecule has 100 valence electrons. The molecule has 0 aromatic carbocycles. The molecule has 2 aromatic rings. The van der Waals surface area contributed by atoms with Gasteiger partial charge in [-0.25, -0.2) is 9.67 Å². The van der Waals surface area contributed by atoms with Gasteiger partial charge in [0.15, 0.2) is 0 Å². The molecule has 1 fully saturated rings. The van der Waals surface area contributed by atoms with Crippen molar-refractivity contribution in [1.82, 2.24) is 24.8 Å². The van der Waals surface area contributed by atoms with Crippen LogP contribution in [-0.4, -0.2) is 43.8 Å². The molecule has 1 aliphatic rings. The van der Waals surface area contributed by atoms with Gasteiger partial charge in [0.05, 0.1) is 11.7 Å². The van der Waals surface area contributed by atoms with Crippen molar-refractivity contribution in [2.24, 2.45) is 0 Å². The highest BCUT2D eigenvalue weighted by Crippen LogP contribution is 2.21. The van der Waals surface area contributed by atoms with E-state index in [2.05, 4.69) is 15.2 Å². The number of hydrogen-bond acceptors (Lipinski definition) is 5. The predicted molar refractivity (Wildman–Crippen MR) is 65.4 cm³/mol. The van der Waals surface area contributed by atoms with Crippen LogP contribution in [0.4, 0.5) is 0 Å². The van der Waals surface area contributed by atoms with Gasteiger partial charge in [-0.2, -0.15) is 5.10 Å². The molecule has 1 aliphatic heterocycles. The SMILES string of the molecule is Cc1cc(C(=O)N2CCC[C@H](n3cncn3)C2)on1. The second-order valence-corrected chi connectivity index (χ2v) is 4.76. The number of likely N-dealkylation sites (tertiary alicyclic amines) is 1. The third-order valence-electron chi connectivity index (χ3n) is 3.33. The van der Waals surface area contributed by atoms with Crippen LogP contribution < -0.4 is 0 Å². The summed E-state index contributed by atoms with van der Waals surface area (Å²) in [6.07, 6.45) is 5.16. The van der Waals surface area contributed by atoms with Crippen molar-refractivity contribution in [3.8, 4) is 0 Å². The Morgan fingerprint density at radius 1 is 1.53 bits per heavy atom. The van der Waals surface area contributed by atoms with Crippen LogP contribution in [0.5, 0.6) is 0 Å². The van der Waals surface area contributed by atoms with E-state index < -0.39 is 0 Å². The second-order valence-electron chi connectivity index (χ2n) is 4.76. The van der Waals surface area contributed by atoms with Gasteiger partial charge >= 0.3 is 0 Å².